The lowest BCUT2D eigenvalue weighted by molar-refractivity contribution is 0.265. The third-order valence-electron chi connectivity index (χ3n) is 5.11. The fourth-order valence-corrected chi connectivity index (χ4v) is 3.91. The number of ether oxygens (including phenoxy) is 1. The van der Waals surface area contributed by atoms with Gasteiger partial charge in [0.15, 0.2) is 0 Å². The van der Waals surface area contributed by atoms with E-state index in [0.29, 0.717) is 28.9 Å². The third kappa shape index (κ3) is 3.43. The maximum atomic E-state index is 12.6. The molecule has 4 rings (SSSR count). The van der Waals surface area contributed by atoms with E-state index in [2.05, 4.69) is 9.97 Å². The molecule has 7 nitrogen and oxygen atoms in total. The minimum Gasteiger partial charge on any atom is -0.495 e. The Labute approximate surface area is 167 Å². The minimum absolute atomic E-state index is 0.0155. The number of hydrogen-bond acceptors (Lipinski definition) is 6. The fourth-order valence-electron chi connectivity index (χ4n) is 3.63. The summed E-state index contributed by atoms with van der Waals surface area (Å²) in [5.74, 6) is 1.13. The summed E-state index contributed by atoms with van der Waals surface area (Å²) in [7, 11) is 1.56. The quantitative estimate of drug-likeness (QED) is 0.708. The number of pyridine rings is 1. The van der Waals surface area contributed by atoms with E-state index in [-0.39, 0.29) is 18.2 Å². The van der Waals surface area contributed by atoms with Gasteiger partial charge in [0.25, 0.3) is 5.56 Å². The van der Waals surface area contributed by atoms with E-state index < -0.39 is 0 Å². The van der Waals surface area contributed by atoms with Crippen molar-refractivity contribution in [1.82, 2.24) is 14.5 Å². The molecule has 3 aromatic rings. The first-order valence-electron chi connectivity index (χ1n) is 9.17. The summed E-state index contributed by atoms with van der Waals surface area (Å²) < 4.78 is 6.80. The van der Waals surface area contributed by atoms with Crippen LogP contribution in [0.1, 0.15) is 18.4 Å². The molecule has 1 saturated heterocycles. The van der Waals surface area contributed by atoms with Crippen LogP contribution < -0.4 is 15.2 Å². The van der Waals surface area contributed by atoms with Crippen molar-refractivity contribution in [2.75, 3.05) is 25.2 Å². The van der Waals surface area contributed by atoms with Crippen LogP contribution in [0.3, 0.4) is 0 Å². The van der Waals surface area contributed by atoms with Gasteiger partial charge in [-0.1, -0.05) is 17.7 Å². The van der Waals surface area contributed by atoms with Crippen LogP contribution in [-0.4, -0.2) is 45.9 Å². The van der Waals surface area contributed by atoms with Gasteiger partial charge in [-0.3, -0.25) is 9.36 Å². The molecule has 28 heavy (non-hydrogen) atoms. The highest BCUT2D eigenvalue weighted by atomic mass is 35.5. The number of aromatic nitrogens is 3. The van der Waals surface area contributed by atoms with Crippen LogP contribution in [-0.2, 0) is 6.54 Å². The van der Waals surface area contributed by atoms with Gasteiger partial charge in [-0.25, -0.2) is 4.98 Å². The standard InChI is InChI=1S/C20H21ClN4O3/c1-28-17-6-4-13(9-16(17)21)11-25-18(27)7-5-14-10-22-20(23-19(14)25)24-8-2-3-15(24)12-26/h4-7,9-10,15,26H,2-3,8,11-12H2,1H3. The van der Waals surface area contributed by atoms with Gasteiger partial charge >= 0.3 is 0 Å². The van der Waals surface area contributed by atoms with Crippen molar-refractivity contribution in [1.29, 1.82) is 0 Å². The van der Waals surface area contributed by atoms with Crippen LogP contribution >= 0.6 is 11.6 Å². The predicted octanol–water partition coefficient (Wildman–Crippen LogP) is 2.46. The van der Waals surface area contributed by atoms with Crippen molar-refractivity contribution < 1.29 is 9.84 Å². The Morgan fingerprint density at radius 2 is 2.18 bits per heavy atom. The molecule has 1 atom stereocenters. The first kappa shape index (κ1) is 18.7. The summed E-state index contributed by atoms with van der Waals surface area (Å²) in [6.07, 6.45) is 3.61. The van der Waals surface area contributed by atoms with Gasteiger partial charge in [0.05, 0.1) is 31.3 Å². The van der Waals surface area contributed by atoms with Gasteiger partial charge in [-0.15, -0.1) is 0 Å². The lowest BCUT2D eigenvalue weighted by Gasteiger charge is -2.23. The summed E-state index contributed by atoms with van der Waals surface area (Å²) in [6, 6.07) is 8.71. The van der Waals surface area contributed by atoms with E-state index in [1.165, 1.54) is 6.07 Å². The zero-order valence-electron chi connectivity index (χ0n) is 15.5. The lowest BCUT2D eigenvalue weighted by atomic mass is 10.2. The molecule has 146 valence electrons. The van der Waals surface area contributed by atoms with Gasteiger partial charge < -0.3 is 14.7 Å². The summed E-state index contributed by atoms with van der Waals surface area (Å²) >= 11 is 6.23. The fraction of sp³-hybridized carbons (Fsp3) is 0.350. The van der Waals surface area contributed by atoms with Gasteiger partial charge in [0.2, 0.25) is 5.95 Å². The summed E-state index contributed by atoms with van der Waals surface area (Å²) in [5, 5.41) is 10.9. The molecule has 1 unspecified atom stereocenters. The van der Waals surface area contributed by atoms with Crippen LogP contribution in [0, 0.1) is 0 Å². The normalized spacial score (nSPS) is 16.7. The molecule has 8 heteroatoms. The molecule has 1 aliphatic rings. The van der Waals surface area contributed by atoms with Crippen LogP contribution in [0.2, 0.25) is 5.02 Å². The van der Waals surface area contributed by atoms with Gasteiger partial charge in [0, 0.05) is 24.2 Å². The SMILES string of the molecule is COc1ccc(Cn2c(=O)ccc3cnc(N4CCCC4CO)nc32)cc1Cl. The Balaban J connectivity index is 1.76. The zero-order chi connectivity index (χ0) is 19.7. The monoisotopic (exact) mass is 400 g/mol. The average molecular weight is 401 g/mol. The molecular weight excluding hydrogens is 380 g/mol. The van der Waals surface area contributed by atoms with E-state index in [1.807, 2.05) is 11.0 Å². The molecule has 0 saturated carbocycles. The van der Waals surface area contributed by atoms with Gasteiger partial charge in [0.1, 0.15) is 11.4 Å². The highest BCUT2D eigenvalue weighted by molar-refractivity contribution is 6.32. The molecule has 0 aliphatic carbocycles. The highest BCUT2D eigenvalue weighted by Crippen LogP contribution is 2.26. The first-order valence-corrected chi connectivity index (χ1v) is 9.55. The molecule has 2 aromatic heterocycles. The zero-order valence-corrected chi connectivity index (χ0v) is 16.3. The van der Waals surface area contributed by atoms with Crippen LogP contribution in [0.15, 0.2) is 41.3 Å². The second-order valence-electron chi connectivity index (χ2n) is 6.85. The number of aliphatic hydroxyl groups is 1. The van der Waals surface area contributed by atoms with Crippen LogP contribution in [0.25, 0.3) is 11.0 Å². The molecule has 0 bridgehead atoms. The van der Waals surface area contributed by atoms with Crippen molar-refractivity contribution in [3.8, 4) is 5.75 Å². The van der Waals surface area contributed by atoms with Gasteiger partial charge in [-0.2, -0.15) is 4.98 Å². The number of fused-ring (bicyclic) bond motifs is 1. The number of methoxy groups -OCH3 is 1. The summed E-state index contributed by atoms with van der Waals surface area (Å²) in [4.78, 5) is 23.7. The van der Waals surface area contributed by atoms with E-state index in [1.54, 1.807) is 36.1 Å². The second-order valence-corrected chi connectivity index (χ2v) is 7.25. The third-order valence-corrected chi connectivity index (χ3v) is 5.41. The smallest absolute Gasteiger partial charge is 0.252 e. The van der Waals surface area contributed by atoms with Crippen molar-refractivity contribution in [3.05, 3.63) is 57.5 Å². The average Bonchev–Trinajstić information content (AvgIpc) is 3.19. The van der Waals surface area contributed by atoms with Crippen LogP contribution in [0.4, 0.5) is 5.95 Å². The number of rotatable bonds is 5. The molecule has 3 heterocycles. The Morgan fingerprint density at radius 1 is 1.32 bits per heavy atom. The van der Waals surface area contributed by atoms with Crippen molar-refractivity contribution in [2.24, 2.45) is 0 Å². The summed E-state index contributed by atoms with van der Waals surface area (Å²) in [5.41, 5.74) is 1.28. The maximum Gasteiger partial charge on any atom is 0.252 e. The topological polar surface area (TPSA) is 80.5 Å². The highest BCUT2D eigenvalue weighted by Gasteiger charge is 2.26. The number of nitrogens with zero attached hydrogens (tertiary/aromatic N) is 4. The molecule has 1 aliphatic heterocycles. The molecule has 0 spiro atoms. The summed E-state index contributed by atoms with van der Waals surface area (Å²) in [6.45, 7) is 1.19. The number of aliphatic hydroxyl groups excluding tert-OH is 1. The predicted molar refractivity (Wildman–Crippen MR) is 108 cm³/mol. The van der Waals surface area contributed by atoms with Crippen LogP contribution in [0.5, 0.6) is 5.75 Å². The number of benzene rings is 1. The molecule has 1 fully saturated rings. The van der Waals surface area contributed by atoms with E-state index in [4.69, 9.17) is 16.3 Å². The van der Waals surface area contributed by atoms with E-state index in [9.17, 15) is 9.90 Å². The van der Waals surface area contributed by atoms with Crippen molar-refractivity contribution >= 4 is 28.6 Å². The van der Waals surface area contributed by atoms with E-state index >= 15 is 0 Å². The Hall–Kier alpha value is -2.64. The maximum absolute atomic E-state index is 12.6. The Kier molecular flexibility index (Phi) is 5.19. The molecule has 1 aromatic carbocycles. The molecule has 1 N–H and O–H groups in total. The molecule has 0 radical (unpaired) electrons. The number of hydrogen-bond donors (Lipinski definition) is 1. The molecular formula is C20H21ClN4O3. The second kappa shape index (κ2) is 7.77. The minimum atomic E-state index is -0.149. The molecule has 0 amide bonds. The first-order chi connectivity index (χ1) is 13.6. The Morgan fingerprint density at radius 3 is 2.93 bits per heavy atom. The number of halogens is 1. The number of anilines is 1. The van der Waals surface area contributed by atoms with Crippen molar-refractivity contribution in [2.45, 2.75) is 25.4 Å². The van der Waals surface area contributed by atoms with Gasteiger partial charge in [-0.05, 0) is 36.6 Å². The largest absolute Gasteiger partial charge is 0.495 e. The Bertz CT molecular complexity index is 1070. The van der Waals surface area contributed by atoms with Crippen molar-refractivity contribution in [3.63, 3.8) is 0 Å². The lowest BCUT2D eigenvalue weighted by Crippen LogP contribution is -2.33. The van der Waals surface area contributed by atoms with E-state index in [0.717, 1.165) is 30.3 Å².